The van der Waals surface area contributed by atoms with Crippen LogP contribution in [0.1, 0.15) is 10.4 Å². The molecule has 0 spiro atoms. The van der Waals surface area contributed by atoms with E-state index in [0.717, 1.165) is 0 Å². The van der Waals surface area contributed by atoms with E-state index in [1.54, 1.807) is 43.5 Å². The second-order valence-electron chi connectivity index (χ2n) is 4.72. The molecule has 1 N–H and O–H groups in total. The van der Waals surface area contributed by atoms with E-state index in [9.17, 15) is 4.79 Å². The molecule has 0 bridgehead atoms. The van der Waals surface area contributed by atoms with Crippen molar-refractivity contribution in [3.63, 3.8) is 0 Å². The van der Waals surface area contributed by atoms with Gasteiger partial charge in [-0.25, -0.2) is 4.68 Å². The number of nitrogens with one attached hydrogen (secondary N) is 1. The zero-order chi connectivity index (χ0) is 17.1. The molecule has 0 radical (unpaired) electrons. The third-order valence-corrected chi connectivity index (χ3v) is 4.17. The van der Waals surface area contributed by atoms with Crippen LogP contribution in [0, 0.1) is 0 Å². The molecule has 9 heteroatoms. The van der Waals surface area contributed by atoms with Gasteiger partial charge >= 0.3 is 0 Å². The molecule has 1 heterocycles. The van der Waals surface area contributed by atoms with E-state index in [0.29, 0.717) is 32.2 Å². The fraction of sp³-hybridized carbons (Fsp3) is 0.0667. The van der Waals surface area contributed by atoms with E-state index >= 15 is 0 Å². The first-order valence-electron chi connectivity index (χ1n) is 6.76. The van der Waals surface area contributed by atoms with Crippen molar-refractivity contribution in [2.75, 3.05) is 12.4 Å². The molecule has 7 nitrogen and oxygen atoms in total. The molecule has 0 saturated carbocycles. The second-order valence-corrected chi connectivity index (χ2v) is 5.98. The maximum atomic E-state index is 12.4. The number of methoxy groups -OCH3 is 1. The summed E-state index contributed by atoms with van der Waals surface area (Å²) in [4.78, 5) is 12.4. The minimum absolute atomic E-state index is 0.297. The van der Waals surface area contributed by atoms with Crippen molar-refractivity contribution in [2.24, 2.45) is 0 Å². The molecule has 122 valence electrons. The molecule has 0 aliphatic heterocycles. The van der Waals surface area contributed by atoms with Crippen LogP contribution in [-0.4, -0.2) is 33.2 Å². The van der Waals surface area contributed by atoms with Gasteiger partial charge < -0.3 is 10.1 Å². The average molecular weight is 409 g/mol. The molecule has 0 aliphatic carbocycles. The van der Waals surface area contributed by atoms with Crippen LogP contribution in [-0.2, 0) is 0 Å². The molecular formula is C15H11BrClN5O2. The lowest BCUT2D eigenvalue weighted by atomic mass is 10.2. The molecule has 1 amide bonds. The average Bonchev–Trinajstić information content (AvgIpc) is 3.11. The molecule has 1 aromatic heterocycles. The molecular weight excluding hydrogens is 398 g/mol. The predicted octanol–water partition coefficient (Wildman–Crippen LogP) is 3.34. The molecule has 3 rings (SSSR count). The van der Waals surface area contributed by atoms with Gasteiger partial charge in [0.2, 0.25) is 0 Å². The zero-order valence-electron chi connectivity index (χ0n) is 12.4. The number of nitrogens with zero attached hydrogens (tertiary/aromatic N) is 4. The quantitative estimate of drug-likeness (QED) is 0.716. The first-order valence-corrected chi connectivity index (χ1v) is 7.93. The van der Waals surface area contributed by atoms with E-state index < -0.39 is 0 Å². The van der Waals surface area contributed by atoms with Crippen molar-refractivity contribution < 1.29 is 9.53 Å². The van der Waals surface area contributed by atoms with Crippen LogP contribution in [0.3, 0.4) is 0 Å². The molecule has 0 unspecified atom stereocenters. The number of carbonyl (C=O) groups excluding carboxylic acids is 1. The number of benzene rings is 2. The van der Waals surface area contributed by atoms with Crippen molar-refractivity contribution in [3.8, 4) is 11.4 Å². The highest BCUT2D eigenvalue weighted by Crippen LogP contribution is 2.28. The van der Waals surface area contributed by atoms with Gasteiger partial charge in [-0.05, 0) is 62.8 Å². The number of tetrazole rings is 1. The minimum atomic E-state index is -0.297. The summed E-state index contributed by atoms with van der Waals surface area (Å²) < 4.78 is 7.31. The SMILES string of the molecule is COc1ccc(C(=O)Nc2cc(-n3cnnn3)ccc2Cl)cc1Br. The Labute approximate surface area is 150 Å². The van der Waals surface area contributed by atoms with Gasteiger partial charge in [0.15, 0.2) is 0 Å². The normalized spacial score (nSPS) is 10.5. The first kappa shape index (κ1) is 16.4. The maximum absolute atomic E-state index is 12.4. The first-order chi connectivity index (χ1) is 11.6. The second kappa shape index (κ2) is 6.98. The number of hydrogen-bond acceptors (Lipinski definition) is 5. The van der Waals surface area contributed by atoms with Gasteiger partial charge in [0, 0.05) is 5.56 Å². The molecule has 24 heavy (non-hydrogen) atoms. The van der Waals surface area contributed by atoms with Gasteiger partial charge in [0.25, 0.3) is 5.91 Å². The number of anilines is 1. The van der Waals surface area contributed by atoms with Crippen LogP contribution in [0.5, 0.6) is 5.75 Å². The predicted molar refractivity (Wildman–Crippen MR) is 92.8 cm³/mol. The lowest BCUT2D eigenvalue weighted by Gasteiger charge is -2.10. The van der Waals surface area contributed by atoms with E-state index in [1.165, 1.54) is 11.0 Å². The Morgan fingerprint density at radius 3 is 2.79 bits per heavy atom. The highest BCUT2D eigenvalue weighted by atomic mass is 79.9. The Bertz CT molecular complexity index is 886. The van der Waals surface area contributed by atoms with Gasteiger partial charge in [-0.1, -0.05) is 11.6 Å². The smallest absolute Gasteiger partial charge is 0.255 e. The van der Waals surface area contributed by atoms with Gasteiger partial charge in [-0.15, -0.1) is 5.10 Å². The summed E-state index contributed by atoms with van der Waals surface area (Å²) in [5.74, 6) is 0.347. The number of aromatic nitrogens is 4. The number of ether oxygens (including phenoxy) is 1. The lowest BCUT2D eigenvalue weighted by Crippen LogP contribution is -2.12. The van der Waals surface area contributed by atoms with E-state index in [-0.39, 0.29) is 5.91 Å². The van der Waals surface area contributed by atoms with Gasteiger partial charge in [0.05, 0.1) is 28.0 Å². The van der Waals surface area contributed by atoms with Gasteiger partial charge in [-0.3, -0.25) is 4.79 Å². The molecule has 0 aliphatic rings. The summed E-state index contributed by atoms with van der Waals surface area (Å²) in [6.45, 7) is 0. The standard InChI is InChI=1S/C15H11BrClN5O2/c1-24-14-5-2-9(6-11(14)16)15(23)19-13-7-10(3-4-12(13)17)22-8-18-20-21-22/h2-8H,1H3,(H,19,23). The summed E-state index contributed by atoms with van der Waals surface area (Å²) in [7, 11) is 1.56. The summed E-state index contributed by atoms with van der Waals surface area (Å²) >= 11 is 9.52. The van der Waals surface area contributed by atoms with Crippen LogP contribution in [0.4, 0.5) is 5.69 Å². The van der Waals surface area contributed by atoms with E-state index in [1.807, 2.05) is 0 Å². The number of rotatable bonds is 4. The molecule has 0 atom stereocenters. The van der Waals surface area contributed by atoms with E-state index in [4.69, 9.17) is 16.3 Å². The Kier molecular flexibility index (Phi) is 4.77. The zero-order valence-corrected chi connectivity index (χ0v) is 14.7. The number of amides is 1. The topological polar surface area (TPSA) is 81.9 Å². The fourth-order valence-electron chi connectivity index (χ4n) is 2.03. The van der Waals surface area contributed by atoms with Crippen molar-refractivity contribution >= 4 is 39.1 Å². The van der Waals surface area contributed by atoms with Gasteiger partial charge in [-0.2, -0.15) is 0 Å². The lowest BCUT2D eigenvalue weighted by molar-refractivity contribution is 0.102. The summed E-state index contributed by atoms with van der Waals surface area (Å²) in [5.41, 5.74) is 1.60. The minimum Gasteiger partial charge on any atom is -0.496 e. The Hall–Kier alpha value is -2.45. The van der Waals surface area contributed by atoms with Crippen molar-refractivity contribution in [1.29, 1.82) is 0 Å². The monoisotopic (exact) mass is 407 g/mol. The Balaban J connectivity index is 1.86. The molecule has 0 saturated heterocycles. The van der Waals surface area contributed by atoms with Crippen LogP contribution in [0.15, 0.2) is 47.2 Å². The highest BCUT2D eigenvalue weighted by molar-refractivity contribution is 9.10. The number of hydrogen-bond donors (Lipinski definition) is 1. The van der Waals surface area contributed by atoms with Crippen LogP contribution in [0.2, 0.25) is 5.02 Å². The third kappa shape index (κ3) is 3.39. The maximum Gasteiger partial charge on any atom is 0.255 e. The fourth-order valence-corrected chi connectivity index (χ4v) is 2.74. The Morgan fingerprint density at radius 2 is 2.12 bits per heavy atom. The summed E-state index contributed by atoms with van der Waals surface area (Å²) in [5, 5.41) is 14.2. The summed E-state index contributed by atoms with van der Waals surface area (Å²) in [6, 6.07) is 10.1. The largest absolute Gasteiger partial charge is 0.496 e. The number of halogens is 2. The van der Waals surface area contributed by atoms with Crippen molar-refractivity contribution in [3.05, 3.63) is 57.8 Å². The van der Waals surface area contributed by atoms with Crippen LogP contribution < -0.4 is 10.1 Å². The van der Waals surface area contributed by atoms with Crippen molar-refractivity contribution in [2.45, 2.75) is 0 Å². The summed E-state index contributed by atoms with van der Waals surface area (Å²) in [6.07, 6.45) is 1.45. The van der Waals surface area contributed by atoms with Crippen LogP contribution >= 0.6 is 27.5 Å². The van der Waals surface area contributed by atoms with E-state index in [2.05, 4.69) is 36.8 Å². The van der Waals surface area contributed by atoms with Gasteiger partial charge in [0.1, 0.15) is 12.1 Å². The third-order valence-electron chi connectivity index (χ3n) is 3.23. The highest BCUT2D eigenvalue weighted by Gasteiger charge is 2.12. The molecule has 0 fully saturated rings. The molecule has 3 aromatic rings. The number of carbonyl (C=O) groups is 1. The van der Waals surface area contributed by atoms with Crippen molar-refractivity contribution in [1.82, 2.24) is 20.2 Å². The Morgan fingerprint density at radius 1 is 1.29 bits per heavy atom. The molecule has 2 aromatic carbocycles. The van der Waals surface area contributed by atoms with Crippen LogP contribution in [0.25, 0.3) is 5.69 Å².